The van der Waals surface area contributed by atoms with Crippen LogP contribution in [0.3, 0.4) is 0 Å². The summed E-state index contributed by atoms with van der Waals surface area (Å²) in [6, 6.07) is 12.1. The van der Waals surface area contributed by atoms with Crippen molar-refractivity contribution in [1.82, 2.24) is 10.6 Å². The van der Waals surface area contributed by atoms with E-state index < -0.39 is 0 Å². The smallest absolute Gasteiger partial charge is 0.283 e. The highest BCUT2D eigenvalue weighted by Gasteiger charge is 2.08. The summed E-state index contributed by atoms with van der Waals surface area (Å²) >= 11 is 1.21. The van der Waals surface area contributed by atoms with Gasteiger partial charge in [0.1, 0.15) is 0 Å². The first-order chi connectivity index (χ1) is 13.1. The molecule has 27 heavy (non-hydrogen) atoms. The maximum absolute atomic E-state index is 12.1. The monoisotopic (exact) mass is 386 g/mol. The molecule has 0 bridgehead atoms. The SMILES string of the molecule is CCCCCCC(=O)NCc1cccc2ccc(SC(=O)NCCC)cc12. The van der Waals surface area contributed by atoms with Gasteiger partial charge in [-0.15, -0.1) is 0 Å². The van der Waals surface area contributed by atoms with E-state index in [1.54, 1.807) is 0 Å². The third-order valence-corrected chi connectivity index (χ3v) is 5.23. The summed E-state index contributed by atoms with van der Waals surface area (Å²) < 4.78 is 0. The lowest BCUT2D eigenvalue weighted by Crippen LogP contribution is -2.22. The van der Waals surface area contributed by atoms with E-state index >= 15 is 0 Å². The molecular formula is C22H30N2O2S. The van der Waals surface area contributed by atoms with Crippen molar-refractivity contribution in [3.63, 3.8) is 0 Å². The van der Waals surface area contributed by atoms with Crippen LogP contribution in [0.15, 0.2) is 41.3 Å². The number of rotatable bonds is 10. The van der Waals surface area contributed by atoms with E-state index in [0.717, 1.165) is 40.5 Å². The van der Waals surface area contributed by atoms with Gasteiger partial charge in [-0.25, -0.2) is 0 Å². The zero-order valence-electron chi connectivity index (χ0n) is 16.3. The maximum atomic E-state index is 12.1. The lowest BCUT2D eigenvalue weighted by Gasteiger charge is -2.10. The van der Waals surface area contributed by atoms with Crippen LogP contribution >= 0.6 is 11.8 Å². The molecular weight excluding hydrogens is 356 g/mol. The fourth-order valence-electron chi connectivity index (χ4n) is 2.90. The van der Waals surface area contributed by atoms with Gasteiger partial charge < -0.3 is 10.6 Å². The lowest BCUT2D eigenvalue weighted by molar-refractivity contribution is -0.121. The molecule has 0 spiro atoms. The van der Waals surface area contributed by atoms with Gasteiger partial charge in [-0.05, 0) is 53.1 Å². The molecule has 0 aliphatic rings. The number of hydrogen-bond acceptors (Lipinski definition) is 3. The summed E-state index contributed by atoms with van der Waals surface area (Å²) in [5, 5.41) is 8.07. The second-order valence-electron chi connectivity index (χ2n) is 6.70. The first kappa shape index (κ1) is 21.3. The normalized spacial score (nSPS) is 10.7. The van der Waals surface area contributed by atoms with Crippen molar-refractivity contribution in [2.75, 3.05) is 6.54 Å². The van der Waals surface area contributed by atoms with Gasteiger partial charge in [0.2, 0.25) is 5.91 Å². The molecule has 2 amide bonds. The molecule has 2 N–H and O–H groups in total. The van der Waals surface area contributed by atoms with E-state index in [1.807, 2.05) is 37.3 Å². The second kappa shape index (κ2) is 11.7. The van der Waals surface area contributed by atoms with Crippen LogP contribution < -0.4 is 10.6 Å². The van der Waals surface area contributed by atoms with E-state index in [4.69, 9.17) is 0 Å². The largest absolute Gasteiger partial charge is 0.352 e. The zero-order valence-corrected chi connectivity index (χ0v) is 17.2. The Kier molecular flexibility index (Phi) is 9.19. The molecule has 0 aromatic heterocycles. The van der Waals surface area contributed by atoms with Crippen molar-refractivity contribution in [1.29, 1.82) is 0 Å². The average molecular weight is 387 g/mol. The van der Waals surface area contributed by atoms with Gasteiger partial charge in [0.25, 0.3) is 5.24 Å². The minimum absolute atomic E-state index is 0.0333. The van der Waals surface area contributed by atoms with Gasteiger partial charge in [-0.3, -0.25) is 9.59 Å². The molecule has 0 saturated heterocycles. The predicted molar refractivity (Wildman–Crippen MR) is 114 cm³/mol. The second-order valence-corrected chi connectivity index (χ2v) is 7.75. The number of carbonyl (C=O) groups is 2. The number of thioether (sulfide) groups is 1. The van der Waals surface area contributed by atoms with E-state index in [9.17, 15) is 9.59 Å². The molecule has 0 aliphatic heterocycles. The van der Waals surface area contributed by atoms with Crippen LogP contribution in [-0.2, 0) is 11.3 Å². The van der Waals surface area contributed by atoms with Crippen molar-refractivity contribution in [3.8, 4) is 0 Å². The average Bonchev–Trinajstić information content (AvgIpc) is 2.68. The van der Waals surface area contributed by atoms with Crippen LogP contribution in [0.25, 0.3) is 10.8 Å². The van der Waals surface area contributed by atoms with E-state index in [-0.39, 0.29) is 11.1 Å². The van der Waals surface area contributed by atoms with Crippen molar-refractivity contribution < 1.29 is 9.59 Å². The van der Waals surface area contributed by atoms with Crippen LogP contribution in [0.1, 0.15) is 57.9 Å². The predicted octanol–water partition coefficient (Wildman–Crippen LogP) is 5.64. The minimum atomic E-state index is -0.0333. The molecule has 0 heterocycles. The maximum Gasteiger partial charge on any atom is 0.283 e. The Morgan fingerprint density at radius 2 is 1.81 bits per heavy atom. The van der Waals surface area contributed by atoms with Gasteiger partial charge in [-0.2, -0.15) is 0 Å². The van der Waals surface area contributed by atoms with Crippen LogP contribution in [0.2, 0.25) is 0 Å². The Labute approximate surface area is 166 Å². The summed E-state index contributed by atoms with van der Waals surface area (Å²) in [6.07, 6.45) is 5.93. The minimum Gasteiger partial charge on any atom is -0.352 e. The topological polar surface area (TPSA) is 58.2 Å². The van der Waals surface area contributed by atoms with Crippen LogP contribution in [0.4, 0.5) is 4.79 Å². The Hall–Kier alpha value is -2.01. The molecule has 0 atom stereocenters. The number of carbonyl (C=O) groups excluding carboxylic acids is 2. The molecule has 5 heteroatoms. The molecule has 0 saturated carbocycles. The van der Waals surface area contributed by atoms with Crippen molar-refractivity contribution in [2.24, 2.45) is 0 Å². The van der Waals surface area contributed by atoms with Crippen LogP contribution in [-0.4, -0.2) is 17.7 Å². The molecule has 146 valence electrons. The standard InChI is InChI=1S/C22H30N2O2S/c1-3-5-6-7-11-21(25)24-16-18-10-8-9-17-12-13-19(15-20(17)18)27-22(26)23-14-4-2/h8-10,12-13,15H,3-7,11,14,16H2,1-2H3,(H,23,26)(H,24,25). The van der Waals surface area contributed by atoms with E-state index in [0.29, 0.717) is 19.5 Å². The van der Waals surface area contributed by atoms with Crippen molar-refractivity contribution in [3.05, 3.63) is 42.0 Å². The Morgan fingerprint density at radius 3 is 2.59 bits per heavy atom. The molecule has 0 aliphatic carbocycles. The fourth-order valence-corrected chi connectivity index (χ4v) is 3.60. The van der Waals surface area contributed by atoms with Gasteiger partial charge in [0, 0.05) is 24.4 Å². The molecule has 2 rings (SSSR count). The molecule has 4 nitrogen and oxygen atoms in total. The highest BCUT2D eigenvalue weighted by molar-refractivity contribution is 8.13. The molecule has 2 aromatic carbocycles. The summed E-state index contributed by atoms with van der Waals surface area (Å²) in [4.78, 5) is 24.9. The number of unbranched alkanes of at least 4 members (excludes halogenated alkanes) is 3. The number of nitrogens with one attached hydrogen (secondary N) is 2. The summed E-state index contributed by atoms with van der Waals surface area (Å²) in [6.45, 7) is 5.40. The summed E-state index contributed by atoms with van der Waals surface area (Å²) in [5.74, 6) is 0.104. The first-order valence-corrected chi connectivity index (χ1v) is 10.7. The number of hydrogen-bond donors (Lipinski definition) is 2. The highest BCUT2D eigenvalue weighted by atomic mass is 32.2. The van der Waals surface area contributed by atoms with Gasteiger partial charge in [0.05, 0.1) is 0 Å². The van der Waals surface area contributed by atoms with Crippen LogP contribution in [0, 0.1) is 0 Å². The molecule has 2 aromatic rings. The molecule has 0 fully saturated rings. The Bertz CT molecular complexity index is 761. The van der Waals surface area contributed by atoms with E-state index in [2.05, 4.69) is 23.6 Å². The lowest BCUT2D eigenvalue weighted by atomic mass is 10.0. The van der Waals surface area contributed by atoms with Crippen molar-refractivity contribution in [2.45, 2.75) is 63.8 Å². The molecule has 0 radical (unpaired) electrons. The third-order valence-electron chi connectivity index (χ3n) is 4.41. The van der Waals surface area contributed by atoms with Gasteiger partial charge >= 0.3 is 0 Å². The van der Waals surface area contributed by atoms with E-state index in [1.165, 1.54) is 24.6 Å². The first-order valence-electron chi connectivity index (χ1n) is 9.88. The fraction of sp³-hybridized carbons (Fsp3) is 0.455. The van der Waals surface area contributed by atoms with Crippen molar-refractivity contribution >= 4 is 33.7 Å². The number of amides is 2. The van der Waals surface area contributed by atoms with Gasteiger partial charge in [0.15, 0.2) is 0 Å². The third kappa shape index (κ3) is 7.25. The quantitative estimate of drug-likeness (QED) is 0.410. The number of fused-ring (bicyclic) bond motifs is 1. The van der Waals surface area contributed by atoms with Gasteiger partial charge in [-0.1, -0.05) is 57.4 Å². The Morgan fingerprint density at radius 1 is 0.963 bits per heavy atom. The molecule has 0 unspecified atom stereocenters. The summed E-state index contributed by atoms with van der Waals surface area (Å²) in [7, 11) is 0. The highest BCUT2D eigenvalue weighted by Crippen LogP contribution is 2.26. The Balaban J connectivity index is 2.00. The summed E-state index contributed by atoms with van der Waals surface area (Å²) in [5.41, 5.74) is 1.07. The zero-order chi connectivity index (χ0) is 19.5. The number of benzene rings is 2. The van der Waals surface area contributed by atoms with Crippen LogP contribution in [0.5, 0.6) is 0 Å².